The van der Waals surface area contributed by atoms with E-state index in [1.54, 1.807) is 13.0 Å². The number of carboxylic acid groups (broad SMARTS) is 1. The largest absolute Gasteiger partial charge is 0.480 e. The van der Waals surface area contributed by atoms with Crippen LogP contribution in [0.3, 0.4) is 0 Å². The molecule has 5 nitrogen and oxygen atoms in total. The van der Waals surface area contributed by atoms with E-state index in [-0.39, 0.29) is 23.3 Å². The summed E-state index contributed by atoms with van der Waals surface area (Å²) in [7, 11) is 0. The molecule has 0 aliphatic carbocycles. The fourth-order valence-corrected chi connectivity index (χ4v) is 1.76. The molecule has 19 heavy (non-hydrogen) atoms. The quantitative estimate of drug-likeness (QED) is 0.869. The summed E-state index contributed by atoms with van der Waals surface area (Å²) < 4.78 is 6.11. The minimum absolute atomic E-state index is 0.00000336. The maximum absolute atomic E-state index is 11.7. The Bertz CT molecular complexity index is 488. The van der Waals surface area contributed by atoms with Gasteiger partial charge in [0, 0.05) is 10.5 Å². The van der Waals surface area contributed by atoms with Gasteiger partial charge >= 0.3 is 5.97 Å². The highest BCUT2D eigenvalue weighted by molar-refractivity contribution is 9.10. The molecule has 0 radical (unpaired) electrons. The second-order valence-electron chi connectivity index (χ2n) is 4.37. The Morgan fingerprint density at radius 3 is 2.47 bits per heavy atom. The third kappa shape index (κ3) is 4.55. The summed E-state index contributed by atoms with van der Waals surface area (Å²) in [5, 5.41) is 11.8. The molecule has 6 heteroatoms. The van der Waals surface area contributed by atoms with Gasteiger partial charge in [-0.05, 0) is 39.0 Å². The van der Waals surface area contributed by atoms with Crippen LogP contribution in [0, 0.1) is 0 Å². The third-order valence-electron chi connectivity index (χ3n) is 2.28. The molecule has 1 aromatic carbocycles. The zero-order chi connectivity index (χ0) is 14.6. The average molecular weight is 330 g/mol. The van der Waals surface area contributed by atoms with Crippen molar-refractivity contribution in [3.8, 4) is 5.75 Å². The van der Waals surface area contributed by atoms with Crippen LogP contribution in [0.2, 0.25) is 0 Å². The first-order chi connectivity index (χ1) is 8.81. The van der Waals surface area contributed by atoms with Crippen molar-refractivity contribution in [1.29, 1.82) is 0 Å². The van der Waals surface area contributed by atoms with Gasteiger partial charge in [0.2, 0.25) is 0 Å². The van der Waals surface area contributed by atoms with Gasteiger partial charge < -0.3 is 15.2 Å². The lowest BCUT2D eigenvalue weighted by atomic mass is 10.2. The summed E-state index contributed by atoms with van der Waals surface area (Å²) in [5.41, 5.74) is 0.0207. The standard InChI is InChI=1S/C13H16BrNO4/c1-7(2)15-12(16)8(3)19-11-6-9(14)4-5-10(11)13(17)18/h4-8H,1-3H3,(H,15,16)(H,17,18). The van der Waals surface area contributed by atoms with Crippen LogP contribution in [0.1, 0.15) is 31.1 Å². The number of halogens is 1. The highest BCUT2D eigenvalue weighted by atomic mass is 79.9. The van der Waals surface area contributed by atoms with Crippen molar-refractivity contribution in [2.45, 2.75) is 32.9 Å². The van der Waals surface area contributed by atoms with Gasteiger partial charge in [0.25, 0.3) is 5.91 Å². The molecule has 0 saturated heterocycles. The Hall–Kier alpha value is -1.56. The molecule has 1 amide bonds. The number of carbonyl (C=O) groups excluding carboxylic acids is 1. The Labute approximate surface area is 120 Å². The Morgan fingerprint density at radius 2 is 1.95 bits per heavy atom. The summed E-state index contributed by atoms with van der Waals surface area (Å²) in [6, 6.07) is 4.56. The highest BCUT2D eigenvalue weighted by Gasteiger charge is 2.19. The Morgan fingerprint density at radius 1 is 1.32 bits per heavy atom. The first kappa shape index (κ1) is 15.5. The minimum Gasteiger partial charge on any atom is -0.480 e. The van der Waals surface area contributed by atoms with Gasteiger partial charge in [-0.3, -0.25) is 4.79 Å². The van der Waals surface area contributed by atoms with Crippen LogP contribution in [0.15, 0.2) is 22.7 Å². The van der Waals surface area contributed by atoms with Crippen molar-refractivity contribution in [3.63, 3.8) is 0 Å². The lowest BCUT2D eigenvalue weighted by Gasteiger charge is -2.17. The van der Waals surface area contributed by atoms with Crippen molar-refractivity contribution < 1.29 is 19.4 Å². The molecule has 0 aromatic heterocycles. The number of aromatic carboxylic acids is 1. The van der Waals surface area contributed by atoms with Crippen LogP contribution in [-0.4, -0.2) is 29.1 Å². The molecule has 1 aromatic rings. The normalized spacial score (nSPS) is 12.1. The van der Waals surface area contributed by atoms with Gasteiger partial charge in [-0.15, -0.1) is 0 Å². The number of carboxylic acids is 1. The van der Waals surface area contributed by atoms with Crippen LogP contribution >= 0.6 is 15.9 Å². The molecular weight excluding hydrogens is 314 g/mol. The number of hydrogen-bond donors (Lipinski definition) is 2. The second-order valence-corrected chi connectivity index (χ2v) is 5.28. The molecule has 2 N–H and O–H groups in total. The number of hydrogen-bond acceptors (Lipinski definition) is 3. The maximum atomic E-state index is 11.7. The summed E-state index contributed by atoms with van der Waals surface area (Å²) in [6.07, 6.45) is -0.769. The lowest BCUT2D eigenvalue weighted by Crippen LogP contribution is -2.40. The van der Waals surface area contributed by atoms with Crippen LogP contribution in [0.5, 0.6) is 5.75 Å². The van der Waals surface area contributed by atoms with Gasteiger partial charge in [-0.1, -0.05) is 15.9 Å². The molecule has 0 heterocycles. The molecule has 0 bridgehead atoms. The number of rotatable bonds is 5. The zero-order valence-electron chi connectivity index (χ0n) is 10.9. The van der Waals surface area contributed by atoms with Gasteiger partial charge in [0.15, 0.2) is 6.10 Å². The number of nitrogens with one attached hydrogen (secondary N) is 1. The van der Waals surface area contributed by atoms with E-state index in [4.69, 9.17) is 9.84 Å². The van der Waals surface area contributed by atoms with E-state index < -0.39 is 12.1 Å². The zero-order valence-corrected chi connectivity index (χ0v) is 12.5. The number of benzene rings is 1. The van der Waals surface area contributed by atoms with E-state index in [1.807, 2.05) is 13.8 Å². The van der Waals surface area contributed by atoms with Gasteiger partial charge in [0.05, 0.1) is 0 Å². The van der Waals surface area contributed by atoms with E-state index in [0.29, 0.717) is 4.47 Å². The number of amides is 1. The van der Waals surface area contributed by atoms with E-state index >= 15 is 0 Å². The Kier molecular flexibility index (Phi) is 5.35. The highest BCUT2D eigenvalue weighted by Crippen LogP contribution is 2.24. The van der Waals surface area contributed by atoms with Crippen LogP contribution < -0.4 is 10.1 Å². The fourth-order valence-electron chi connectivity index (χ4n) is 1.42. The van der Waals surface area contributed by atoms with Gasteiger partial charge in [-0.25, -0.2) is 4.79 Å². The molecule has 0 aliphatic rings. The molecular formula is C13H16BrNO4. The third-order valence-corrected chi connectivity index (χ3v) is 2.77. The first-order valence-corrected chi connectivity index (χ1v) is 6.60. The smallest absolute Gasteiger partial charge is 0.339 e. The fraction of sp³-hybridized carbons (Fsp3) is 0.385. The van der Waals surface area contributed by atoms with Gasteiger partial charge in [0.1, 0.15) is 11.3 Å². The number of carbonyl (C=O) groups is 2. The average Bonchev–Trinajstić information content (AvgIpc) is 2.27. The number of ether oxygens (including phenoxy) is 1. The van der Waals surface area contributed by atoms with Crippen molar-refractivity contribution in [2.75, 3.05) is 0 Å². The SMILES string of the molecule is CC(C)NC(=O)C(C)Oc1cc(Br)ccc1C(=O)O. The summed E-state index contributed by atoms with van der Waals surface area (Å²) >= 11 is 3.24. The predicted molar refractivity (Wildman–Crippen MR) is 74.5 cm³/mol. The van der Waals surface area contributed by atoms with Crippen molar-refractivity contribution in [1.82, 2.24) is 5.32 Å². The summed E-state index contributed by atoms with van der Waals surface area (Å²) in [4.78, 5) is 22.8. The van der Waals surface area contributed by atoms with E-state index in [0.717, 1.165) is 0 Å². The summed E-state index contributed by atoms with van der Waals surface area (Å²) in [5.74, 6) is -1.22. The first-order valence-electron chi connectivity index (χ1n) is 5.81. The van der Waals surface area contributed by atoms with Gasteiger partial charge in [-0.2, -0.15) is 0 Å². The molecule has 0 aliphatic heterocycles. The minimum atomic E-state index is -1.10. The molecule has 104 valence electrons. The molecule has 0 fully saturated rings. The van der Waals surface area contributed by atoms with Crippen molar-refractivity contribution in [2.24, 2.45) is 0 Å². The molecule has 0 spiro atoms. The lowest BCUT2D eigenvalue weighted by molar-refractivity contribution is -0.127. The molecule has 1 unspecified atom stereocenters. The van der Waals surface area contributed by atoms with Crippen LogP contribution in [0.4, 0.5) is 0 Å². The van der Waals surface area contributed by atoms with Crippen LogP contribution in [-0.2, 0) is 4.79 Å². The Balaban J connectivity index is 2.89. The molecule has 0 saturated carbocycles. The second kappa shape index (κ2) is 6.56. The van der Waals surface area contributed by atoms with Crippen molar-refractivity contribution in [3.05, 3.63) is 28.2 Å². The topological polar surface area (TPSA) is 75.6 Å². The van der Waals surface area contributed by atoms with E-state index in [2.05, 4.69) is 21.2 Å². The summed E-state index contributed by atoms with van der Waals surface area (Å²) in [6.45, 7) is 5.25. The monoisotopic (exact) mass is 329 g/mol. The van der Waals surface area contributed by atoms with E-state index in [9.17, 15) is 9.59 Å². The maximum Gasteiger partial charge on any atom is 0.339 e. The molecule has 1 rings (SSSR count). The predicted octanol–water partition coefficient (Wildman–Crippen LogP) is 2.44. The van der Waals surface area contributed by atoms with Crippen molar-refractivity contribution >= 4 is 27.8 Å². The van der Waals surface area contributed by atoms with Crippen LogP contribution in [0.25, 0.3) is 0 Å². The molecule has 1 atom stereocenters. The van der Waals surface area contributed by atoms with E-state index in [1.165, 1.54) is 12.1 Å².